The van der Waals surface area contributed by atoms with Crippen molar-refractivity contribution in [2.75, 3.05) is 48.8 Å². The quantitative estimate of drug-likeness (QED) is 0.864. The van der Waals surface area contributed by atoms with Crippen molar-refractivity contribution in [3.8, 4) is 0 Å². The summed E-state index contributed by atoms with van der Waals surface area (Å²) in [4.78, 5) is 12.8. The van der Waals surface area contributed by atoms with Crippen LogP contribution in [0.15, 0.2) is 4.90 Å². The number of aliphatic hydroxyl groups excluding tert-OH is 1. The molecular weight excluding hydrogens is 288 g/mol. The number of hydrogen-bond donors (Lipinski definition) is 2. The highest BCUT2D eigenvalue weighted by Gasteiger charge is 2.22. The molecule has 0 radical (unpaired) electrons. The predicted molar refractivity (Wildman–Crippen MR) is 84.3 cm³/mol. The van der Waals surface area contributed by atoms with Crippen molar-refractivity contribution in [2.24, 2.45) is 0 Å². The van der Waals surface area contributed by atoms with E-state index in [0.29, 0.717) is 6.54 Å². The van der Waals surface area contributed by atoms with Crippen LogP contribution in [0.2, 0.25) is 0 Å². The molecule has 6 nitrogen and oxygen atoms in total. The van der Waals surface area contributed by atoms with E-state index in [1.54, 1.807) is 6.92 Å². The lowest BCUT2D eigenvalue weighted by molar-refractivity contribution is 0.122. The standard InChI is InChI=1S/C14H22N4O2S/c1-10(19)9-15-13-12-11(3-2-8-21-12)16-14(17-13)18-4-6-20-7-5-18/h10,19H,2-9H2,1H3,(H,15,16,17). The molecule has 1 unspecified atom stereocenters. The topological polar surface area (TPSA) is 70.5 Å². The van der Waals surface area contributed by atoms with Gasteiger partial charge in [-0.25, -0.2) is 4.98 Å². The normalized spacial score (nSPS) is 20.0. The first-order valence-electron chi connectivity index (χ1n) is 7.52. The third kappa shape index (κ3) is 3.59. The molecule has 1 atom stereocenters. The van der Waals surface area contributed by atoms with Crippen molar-refractivity contribution in [1.29, 1.82) is 0 Å². The number of nitrogens with one attached hydrogen (secondary N) is 1. The minimum absolute atomic E-state index is 0.393. The molecule has 1 aromatic heterocycles. The Labute approximate surface area is 129 Å². The Bertz CT molecular complexity index is 492. The highest BCUT2D eigenvalue weighted by molar-refractivity contribution is 7.99. The Kier molecular flexibility index (Phi) is 4.82. The Morgan fingerprint density at radius 2 is 2.19 bits per heavy atom. The number of aryl methyl sites for hydroxylation is 1. The van der Waals surface area contributed by atoms with Crippen molar-refractivity contribution in [2.45, 2.75) is 30.8 Å². The van der Waals surface area contributed by atoms with E-state index < -0.39 is 6.10 Å². The number of anilines is 2. The molecule has 0 saturated carbocycles. The summed E-state index contributed by atoms with van der Waals surface area (Å²) in [5.41, 5.74) is 1.14. The number of thioether (sulfide) groups is 1. The monoisotopic (exact) mass is 310 g/mol. The van der Waals surface area contributed by atoms with Gasteiger partial charge in [0.15, 0.2) is 0 Å². The summed E-state index contributed by atoms with van der Waals surface area (Å²) in [6.45, 7) is 5.41. The van der Waals surface area contributed by atoms with E-state index in [4.69, 9.17) is 14.7 Å². The molecule has 7 heteroatoms. The smallest absolute Gasteiger partial charge is 0.227 e. The summed E-state index contributed by atoms with van der Waals surface area (Å²) in [6, 6.07) is 0. The first kappa shape index (κ1) is 14.9. The fourth-order valence-electron chi connectivity index (χ4n) is 2.49. The number of fused-ring (bicyclic) bond motifs is 1. The van der Waals surface area contributed by atoms with E-state index in [1.165, 1.54) is 0 Å². The van der Waals surface area contributed by atoms with Gasteiger partial charge in [-0.3, -0.25) is 0 Å². The van der Waals surface area contributed by atoms with Crippen molar-refractivity contribution in [1.82, 2.24) is 9.97 Å². The van der Waals surface area contributed by atoms with E-state index in [1.807, 2.05) is 11.8 Å². The number of nitrogens with zero attached hydrogens (tertiary/aromatic N) is 3. The van der Waals surface area contributed by atoms with Crippen LogP contribution in [0.5, 0.6) is 0 Å². The fourth-order valence-corrected chi connectivity index (χ4v) is 3.55. The molecule has 3 rings (SSSR count). The van der Waals surface area contributed by atoms with Gasteiger partial charge in [0.05, 0.1) is 29.9 Å². The van der Waals surface area contributed by atoms with Gasteiger partial charge in [-0.1, -0.05) is 0 Å². The highest BCUT2D eigenvalue weighted by Crippen LogP contribution is 2.35. The minimum Gasteiger partial charge on any atom is -0.392 e. The van der Waals surface area contributed by atoms with Gasteiger partial charge in [-0.05, 0) is 25.5 Å². The molecule has 2 aliphatic rings. The number of morpholine rings is 1. The number of aliphatic hydroxyl groups is 1. The van der Waals surface area contributed by atoms with Crippen molar-refractivity contribution >= 4 is 23.5 Å². The molecule has 1 aromatic rings. The molecule has 21 heavy (non-hydrogen) atoms. The van der Waals surface area contributed by atoms with Crippen molar-refractivity contribution in [3.63, 3.8) is 0 Å². The number of rotatable bonds is 4. The summed E-state index contributed by atoms with van der Waals surface area (Å²) in [5.74, 6) is 2.76. The fraction of sp³-hybridized carbons (Fsp3) is 0.714. The zero-order valence-electron chi connectivity index (χ0n) is 12.3. The van der Waals surface area contributed by atoms with Gasteiger partial charge in [-0.15, -0.1) is 11.8 Å². The first-order chi connectivity index (χ1) is 10.2. The molecule has 1 saturated heterocycles. The van der Waals surface area contributed by atoms with Crippen LogP contribution in [0.1, 0.15) is 19.0 Å². The van der Waals surface area contributed by atoms with Gasteiger partial charge < -0.3 is 20.1 Å². The second-order valence-corrected chi connectivity index (χ2v) is 6.53. The minimum atomic E-state index is -0.393. The van der Waals surface area contributed by atoms with Crippen molar-refractivity contribution in [3.05, 3.63) is 5.69 Å². The number of ether oxygens (including phenoxy) is 1. The molecule has 0 aliphatic carbocycles. The lowest BCUT2D eigenvalue weighted by atomic mass is 10.2. The predicted octanol–water partition coefficient (Wildman–Crippen LogP) is 1.14. The molecule has 1 fully saturated rings. The molecule has 2 aliphatic heterocycles. The van der Waals surface area contributed by atoms with Crippen LogP contribution in [0.25, 0.3) is 0 Å². The largest absolute Gasteiger partial charge is 0.392 e. The zero-order valence-corrected chi connectivity index (χ0v) is 13.2. The Hall–Kier alpha value is -1.05. The maximum absolute atomic E-state index is 9.50. The van der Waals surface area contributed by atoms with Crippen LogP contribution in [-0.2, 0) is 11.2 Å². The average Bonchev–Trinajstić information content (AvgIpc) is 2.53. The van der Waals surface area contributed by atoms with Gasteiger partial charge in [-0.2, -0.15) is 4.98 Å². The van der Waals surface area contributed by atoms with Gasteiger partial charge in [0.25, 0.3) is 0 Å². The zero-order chi connectivity index (χ0) is 14.7. The van der Waals surface area contributed by atoms with Gasteiger partial charge in [0, 0.05) is 19.6 Å². The SMILES string of the molecule is CC(O)CNc1nc(N2CCOCC2)nc2c1SCCC2. The van der Waals surface area contributed by atoms with Gasteiger partial charge >= 0.3 is 0 Å². The van der Waals surface area contributed by atoms with Crippen molar-refractivity contribution < 1.29 is 9.84 Å². The van der Waals surface area contributed by atoms with E-state index in [0.717, 1.165) is 67.3 Å². The Morgan fingerprint density at radius 1 is 1.38 bits per heavy atom. The third-order valence-electron chi connectivity index (χ3n) is 3.59. The summed E-state index contributed by atoms with van der Waals surface area (Å²) >= 11 is 1.81. The molecule has 0 bridgehead atoms. The molecule has 3 heterocycles. The van der Waals surface area contributed by atoms with Crippen LogP contribution in [0.3, 0.4) is 0 Å². The molecule has 116 valence electrons. The molecule has 0 amide bonds. The summed E-state index contributed by atoms with van der Waals surface area (Å²) in [5, 5.41) is 12.8. The summed E-state index contributed by atoms with van der Waals surface area (Å²) in [7, 11) is 0. The van der Waals surface area contributed by atoms with E-state index >= 15 is 0 Å². The summed E-state index contributed by atoms with van der Waals surface area (Å²) < 4.78 is 5.39. The van der Waals surface area contributed by atoms with Crippen LogP contribution in [0, 0.1) is 0 Å². The third-order valence-corrected chi connectivity index (χ3v) is 4.80. The van der Waals surface area contributed by atoms with Crippen LogP contribution in [0.4, 0.5) is 11.8 Å². The van der Waals surface area contributed by atoms with E-state index in [2.05, 4.69) is 10.2 Å². The van der Waals surface area contributed by atoms with Crippen LogP contribution >= 0.6 is 11.8 Å². The van der Waals surface area contributed by atoms with E-state index in [9.17, 15) is 5.11 Å². The molecule has 0 spiro atoms. The summed E-state index contributed by atoms with van der Waals surface area (Å²) in [6.07, 6.45) is 1.77. The maximum atomic E-state index is 9.50. The van der Waals surface area contributed by atoms with Gasteiger partial charge in [0.2, 0.25) is 5.95 Å². The van der Waals surface area contributed by atoms with Gasteiger partial charge in [0.1, 0.15) is 5.82 Å². The lowest BCUT2D eigenvalue weighted by Gasteiger charge is -2.29. The Balaban J connectivity index is 1.88. The first-order valence-corrected chi connectivity index (χ1v) is 8.51. The second kappa shape index (κ2) is 6.81. The number of hydrogen-bond acceptors (Lipinski definition) is 7. The Morgan fingerprint density at radius 3 is 2.95 bits per heavy atom. The molecule has 0 aromatic carbocycles. The second-order valence-electron chi connectivity index (χ2n) is 5.43. The van der Waals surface area contributed by atoms with Crippen LogP contribution in [-0.4, -0.2) is 59.8 Å². The van der Waals surface area contributed by atoms with Crippen LogP contribution < -0.4 is 10.2 Å². The maximum Gasteiger partial charge on any atom is 0.227 e. The van der Waals surface area contributed by atoms with E-state index in [-0.39, 0.29) is 0 Å². The molecule has 2 N–H and O–H groups in total. The molecular formula is C14H22N4O2S. The number of aromatic nitrogens is 2. The lowest BCUT2D eigenvalue weighted by Crippen LogP contribution is -2.37. The highest BCUT2D eigenvalue weighted by atomic mass is 32.2. The average molecular weight is 310 g/mol.